The molecule has 0 spiro atoms. The third kappa shape index (κ3) is 3.78. The fraction of sp³-hybridized carbons (Fsp3) is 0.304. The van der Waals surface area contributed by atoms with Gasteiger partial charge in [0, 0.05) is 36.8 Å². The second-order valence-electron chi connectivity index (χ2n) is 7.44. The number of hydrogen-bond donors (Lipinski definition) is 1. The van der Waals surface area contributed by atoms with Gasteiger partial charge in [-0.25, -0.2) is 0 Å². The van der Waals surface area contributed by atoms with Crippen LogP contribution in [0.3, 0.4) is 0 Å². The maximum Gasteiger partial charge on any atom is 0.187 e. The predicted molar refractivity (Wildman–Crippen MR) is 125 cm³/mol. The van der Waals surface area contributed by atoms with Gasteiger partial charge >= 0.3 is 0 Å². The van der Waals surface area contributed by atoms with E-state index in [-0.39, 0.29) is 18.6 Å². The number of fused-ring (bicyclic) bond motifs is 2. The first kappa shape index (κ1) is 22.8. The monoisotopic (exact) mass is 464 g/mol. The van der Waals surface area contributed by atoms with Crippen LogP contribution in [0.1, 0.15) is 13.8 Å². The van der Waals surface area contributed by atoms with E-state index in [2.05, 4.69) is 79.1 Å². The van der Waals surface area contributed by atoms with E-state index in [0.29, 0.717) is 0 Å². The minimum absolute atomic E-state index is 0. The van der Waals surface area contributed by atoms with Crippen molar-refractivity contribution in [2.24, 2.45) is 0 Å². The van der Waals surface area contributed by atoms with Gasteiger partial charge in [0.05, 0.1) is 17.9 Å². The SMILES string of the molecule is CCN1C(=CC=CC2N(C)c3cc(Cl)ccc3[NH+]2CC)N(C)c2cc(Cl)ccc21.[Cl-]. The third-order valence-corrected chi connectivity index (χ3v) is 6.38. The van der Waals surface area contributed by atoms with Crippen molar-refractivity contribution in [1.29, 1.82) is 0 Å². The molecule has 0 amide bonds. The quantitative estimate of drug-likeness (QED) is 0.739. The number of nitrogens with one attached hydrogen (secondary N) is 1. The van der Waals surface area contributed by atoms with E-state index in [1.54, 1.807) is 0 Å². The van der Waals surface area contributed by atoms with E-state index in [9.17, 15) is 0 Å². The summed E-state index contributed by atoms with van der Waals surface area (Å²) in [6.45, 7) is 6.30. The minimum atomic E-state index is 0. The van der Waals surface area contributed by atoms with Crippen LogP contribution in [0, 0.1) is 0 Å². The van der Waals surface area contributed by atoms with Gasteiger partial charge in [0.1, 0.15) is 11.5 Å². The second-order valence-corrected chi connectivity index (χ2v) is 8.31. The second kappa shape index (κ2) is 9.11. The predicted octanol–water partition coefficient (Wildman–Crippen LogP) is 1.68. The summed E-state index contributed by atoms with van der Waals surface area (Å²) in [7, 11) is 4.23. The summed E-state index contributed by atoms with van der Waals surface area (Å²) >= 11 is 12.5. The van der Waals surface area contributed by atoms with Crippen LogP contribution in [0.2, 0.25) is 10.0 Å². The highest BCUT2D eigenvalue weighted by molar-refractivity contribution is 6.31. The first-order chi connectivity index (χ1) is 14.0. The van der Waals surface area contributed by atoms with Crippen molar-refractivity contribution >= 4 is 46.0 Å². The summed E-state index contributed by atoms with van der Waals surface area (Å²) in [5, 5.41) is 1.54. The van der Waals surface area contributed by atoms with Gasteiger partial charge in [0.2, 0.25) is 0 Å². The van der Waals surface area contributed by atoms with E-state index in [4.69, 9.17) is 23.2 Å². The molecule has 1 N–H and O–H groups in total. The Bertz CT molecular complexity index is 988. The average molecular weight is 466 g/mol. The van der Waals surface area contributed by atoms with Gasteiger partial charge in [-0.1, -0.05) is 29.3 Å². The lowest BCUT2D eigenvalue weighted by Gasteiger charge is -2.22. The van der Waals surface area contributed by atoms with Crippen LogP contribution in [-0.2, 0) is 0 Å². The highest BCUT2D eigenvalue weighted by atomic mass is 35.5. The lowest BCUT2D eigenvalue weighted by Crippen LogP contribution is -3.10. The van der Waals surface area contributed by atoms with E-state index >= 15 is 0 Å². The number of halogens is 3. The Labute approximate surface area is 195 Å². The van der Waals surface area contributed by atoms with E-state index in [1.165, 1.54) is 22.0 Å². The Morgan fingerprint density at radius 1 is 0.967 bits per heavy atom. The van der Waals surface area contributed by atoms with Gasteiger partial charge in [0.15, 0.2) is 11.9 Å². The van der Waals surface area contributed by atoms with Crippen molar-refractivity contribution in [2.75, 3.05) is 41.9 Å². The summed E-state index contributed by atoms with van der Waals surface area (Å²) < 4.78 is 0. The fourth-order valence-electron chi connectivity index (χ4n) is 4.46. The van der Waals surface area contributed by atoms with Crippen molar-refractivity contribution in [3.8, 4) is 0 Å². The van der Waals surface area contributed by atoms with Crippen molar-refractivity contribution in [1.82, 2.24) is 0 Å². The molecule has 2 aromatic rings. The van der Waals surface area contributed by atoms with Gasteiger partial charge < -0.3 is 27.1 Å². The minimum Gasteiger partial charge on any atom is -1.00 e. The molecule has 0 fully saturated rings. The largest absolute Gasteiger partial charge is 1.00 e. The van der Waals surface area contributed by atoms with Crippen LogP contribution in [0.4, 0.5) is 22.7 Å². The molecule has 0 bridgehead atoms. The lowest BCUT2D eigenvalue weighted by molar-refractivity contribution is -0.843. The summed E-state index contributed by atoms with van der Waals surface area (Å²) in [6.07, 6.45) is 6.88. The highest BCUT2D eigenvalue weighted by Crippen LogP contribution is 2.41. The topological polar surface area (TPSA) is 14.2 Å². The standard InChI is InChI=1S/C23H26Cl2N4.ClH/c1-5-28-18-12-10-16(24)14-20(18)26(3)22(28)8-7-9-23-27(4)21-15-17(25)11-13-19(21)29(23)6-2;/h7-15,22H,5-6H2,1-4H3;1H. The van der Waals surface area contributed by atoms with Gasteiger partial charge in [-0.3, -0.25) is 4.90 Å². The molecule has 7 heteroatoms. The zero-order chi connectivity index (χ0) is 20.7. The van der Waals surface area contributed by atoms with Gasteiger partial charge in [-0.2, -0.15) is 0 Å². The molecule has 0 saturated carbocycles. The third-order valence-electron chi connectivity index (χ3n) is 5.91. The molecule has 4 rings (SSSR count). The molecule has 2 unspecified atom stereocenters. The number of nitrogens with zero attached hydrogens (tertiary/aromatic N) is 3. The van der Waals surface area contributed by atoms with Crippen LogP contribution < -0.4 is 32.0 Å². The van der Waals surface area contributed by atoms with Crippen molar-refractivity contribution in [3.63, 3.8) is 0 Å². The fourth-order valence-corrected chi connectivity index (χ4v) is 4.79. The number of hydrogen-bond acceptors (Lipinski definition) is 3. The Balaban J connectivity index is 0.00000256. The number of likely N-dealkylation sites (N-methyl/N-ethyl adjacent to an activating group) is 2. The maximum atomic E-state index is 6.24. The van der Waals surface area contributed by atoms with Crippen LogP contribution in [-0.4, -0.2) is 33.4 Å². The zero-order valence-electron chi connectivity index (χ0n) is 17.7. The average Bonchev–Trinajstić information content (AvgIpc) is 3.13. The Morgan fingerprint density at radius 2 is 1.63 bits per heavy atom. The highest BCUT2D eigenvalue weighted by Gasteiger charge is 2.36. The Hall–Kier alpha value is -1.85. The van der Waals surface area contributed by atoms with E-state index in [0.717, 1.165) is 34.6 Å². The lowest BCUT2D eigenvalue weighted by atomic mass is 10.2. The molecule has 2 aliphatic rings. The number of allylic oxidation sites excluding steroid dienone is 2. The number of quaternary nitrogens is 1. The van der Waals surface area contributed by atoms with Crippen LogP contribution in [0.25, 0.3) is 0 Å². The molecule has 0 aliphatic carbocycles. The molecule has 160 valence electrons. The first-order valence-electron chi connectivity index (χ1n) is 10.0. The summed E-state index contributed by atoms with van der Waals surface area (Å²) in [5.74, 6) is 1.15. The molecule has 2 heterocycles. The van der Waals surface area contributed by atoms with Crippen LogP contribution in [0.15, 0.2) is 60.4 Å². The van der Waals surface area contributed by atoms with Crippen LogP contribution >= 0.6 is 23.2 Å². The Kier molecular flexibility index (Phi) is 6.93. The first-order valence-corrected chi connectivity index (χ1v) is 10.8. The maximum absolute atomic E-state index is 6.24. The van der Waals surface area contributed by atoms with Crippen molar-refractivity contribution < 1.29 is 17.3 Å². The molecule has 0 saturated heterocycles. The molecular weight excluding hydrogens is 439 g/mol. The van der Waals surface area contributed by atoms with Gasteiger partial charge in [-0.05, 0) is 56.3 Å². The van der Waals surface area contributed by atoms with E-state index in [1.807, 2.05) is 18.2 Å². The molecule has 0 radical (unpaired) electrons. The molecule has 2 aromatic carbocycles. The molecular formula is C23H27Cl3N4. The van der Waals surface area contributed by atoms with E-state index < -0.39 is 0 Å². The Morgan fingerprint density at radius 3 is 2.30 bits per heavy atom. The molecule has 4 nitrogen and oxygen atoms in total. The number of rotatable bonds is 4. The number of benzene rings is 2. The molecule has 30 heavy (non-hydrogen) atoms. The van der Waals surface area contributed by atoms with Crippen LogP contribution in [0.5, 0.6) is 0 Å². The van der Waals surface area contributed by atoms with Crippen molar-refractivity contribution in [3.05, 3.63) is 70.5 Å². The van der Waals surface area contributed by atoms with Crippen molar-refractivity contribution in [2.45, 2.75) is 20.0 Å². The van der Waals surface area contributed by atoms with Gasteiger partial charge in [0.25, 0.3) is 0 Å². The molecule has 2 atom stereocenters. The smallest absolute Gasteiger partial charge is 0.187 e. The summed E-state index contributed by atoms with van der Waals surface area (Å²) in [5.41, 5.74) is 4.84. The normalized spacial score (nSPS) is 21.4. The molecule has 2 aliphatic heterocycles. The van der Waals surface area contributed by atoms with Gasteiger partial charge in [-0.15, -0.1) is 0 Å². The zero-order valence-corrected chi connectivity index (χ0v) is 19.9. The molecule has 0 aromatic heterocycles. The number of anilines is 3. The summed E-state index contributed by atoms with van der Waals surface area (Å²) in [6, 6.07) is 12.3. The summed E-state index contributed by atoms with van der Waals surface area (Å²) in [4.78, 5) is 8.25.